The van der Waals surface area contributed by atoms with Crippen LogP contribution in [0.1, 0.15) is 42.2 Å². The molecular weight excluding hydrogens is 472 g/mol. The highest BCUT2D eigenvalue weighted by atomic mass is 35.5. The summed E-state index contributed by atoms with van der Waals surface area (Å²) in [4.78, 5) is 12.4. The van der Waals surface area contributed by atoms with Crippen LogP contribution < -0.4 is 14.8 Å². The Morgan fingerprint density at radius 3 is 2.44 bits per heavy atom. The van der Waals surface area contributed by atoms with Gasteiger partial charge in [0.05, 0.1) is 17.7 Å². The van der Waals surface area contributed by atoms with E-state index in [9.17, 15) is 13.2 Å². The molecule has 0 saturated carbocycles. The summed E-state index contributed by atoms with van der Waals surface area (Å²) in [7, 11) is -2.40. The summed E-state index contributed by atoms with van der Waals surface area (Å²) in [5.41, 5.74) is 1.06. The number of hydrogen-bond acceptors (Lipinski definition) is 7. The van der Waals surface area contributed by atoms with Gasteiger partial charge in [-0.25, -0.2) is 13.1 Å². The molecule has 32 heavy (non-hydrogen) atoms. The van der Waals surface area contributed by atoms with Gasteiger partial charge in [-0.15, -0.1) is 10.2 Å². The molecule has 0 spiro atoms. The van der Waals surface area contributed by atoms with E-state index in [0.717, 1.165) is 16.9 Å². The number of rotatable bonds is 9. The minimum atomic E-state index is -3.97. The van der Waals surface area contributed by atoms with Crippen LogP contribution in [0, 0.1) is 5.92 Å². The number of nitrogens with one attached hydrogen (secondary N) is 2. The Balaban J connectivity index is 1.78. The van der Waals surface area contributed by atoms with E-state index >= 15 is 0 Å². The van der Waals surface area contributed by atoms with Crippen molar-refractivity contribution in [3.8, 4) is 5.75 Å². The molecule has 1 atom stereocenters. The number of anilines is 1. The van der Waals surface area contributed by atoms with Crippen molar-refractivity contribution in [2.45, 2.75) is 30.6 Å². The number of methoxy groups -OCH3 is 1. The third kappa shape index (κ3) is 6.04. The van der Waals surface area contributed by atoms with Crippen LogP contribution in [0.5, 0.6) is 5.75 Å². The van der Waals surface area contributed by atoms with Gasteiger partial charge in [-0.05, 0) is 42.2 Å². The number of nitrogens with zero attached hydrogens (tertiary/aromatic N) is 2. The lowest BCUT2D eigenvalue weighted by Gasteiger charge is -2.20. The lowest BCUT2D eigenvalue weighted by Crippen LogP contribution is -2.29. The van der Waals surface area contributed by atoms with Gasteiger partial charge in [0.2, 0.25) is 9.47 Å². The highest BCUT2D eigenvalue weighted by molar-refractivity contribution is 7.91. The monoisotopic (exact) mass is 494 g/mol. The lowest BCUT2D eigenvalue weighted by atomic mass is 9.98. The standard InChI is InChI=1S/C21H23ClN4O4S2/c1-13(2)12-18(14-8-10-15(30-3)11-9-14)26-32(28,29)21-25-24-20(31-21)23-19(27)16-6-4-5-7-17(16)22/h4-11,13,18,26H,12H2,1-3H3,(H,23,24,27)/t18-/m1/s1. The molecule has 3 rings (SSSR count). The zero-order valence-electron chi connectivity index (χ0n) is 17.7. The van der Waals surface area contributed by atoms with Gasteiger partial charge in [0.1, 0.15) is 5.75 Å². The average molecular weight is 495 g/mol. The van der Waals surface area contributed by atoms with Gasteiger partial charge < -0.3 is 4.74 Å². The molecule has 3 aromatic rings. The first-order valence-corrected chi connectivity index (χ1v) is 12.4. The van der Waals surface area contributed by atoms with E-state index in [1.807, 2.05) is 26.0 Å². The second-order valence-corrected chi connectivity index (χ2v) is 10.7. The first kappa shape index (κ1) is 24.1. The minimum Gasteiger partial charge on any atom is -0.497 e. The van der Waals surface area contributed by atoms with Crippen molar-refractivity contribution in [1.82, 2.24) is 14.9 Å². The second-order valence-electron chi connectivity index (χ2n) is 7.38. The molecule has 1 amide bonds. The highest BCUT2D eigenvalue weighted by Crippen LogP contribution is 2.28. The molecule has 11 heteroatoms. The summed E-state index contributed by atoms with van der Waals surface area (Å²) in [5.74, 6) is 0.423. The molecule has 1 heterocycles. The molecule has 170 valence electrons. The molecule has 0 saturated heterocycles. The van der Waals surface area contributed by atoms with E-state index < -0.39 is 22.0 Å². The Morgan fingerprint density at radius 2 is 1.81 bits per heavy atom. The predicted molar refractivity (Wildman–Crippen MR) is 125 cm³/mol. The van der Waals surface area contributed by atoms with Crippen molar-refractivity contribution in [2.24, 2.45) is 5.92 Å². The Kier molecular flexibility index (Phi) is 7.83. The van der Waals surface area contributed by atoms with Crippen molar-refractivity contribution < 1.29 is 17.9 Å². The van der Waals surface area contributed by atoms with E-state index in [1.165, 1.54) is 0 Å². The van der Waals surface area contributed by atoms with Crippen LogP contribution in [0.3, 0.4) is 0 Å². The molecule has 2 aromatic carbocycles. The summed E-state index contributed by atoms with van der Waals surface area (Å²) < 4.78 is 33.6. The van der Waals surface area contributed by atoms with Gasteiger partial charge in [-0.1, -0.05) is 61.1 Å². The first-order valence-electron chi connectivity index (χ1n) is 9.75. The van der Waals surface area contributed by atoms with Crippen molar-refractivity contribution in [2.75, 3.05) is 12.4 Å². The highest BCUT2D eigenvalue weighted by Gasteiger charge is 2.26. The third-order valence-corrected chi connectivity index (χ3v) is 7.51. The number of aromatic nitrogens is 2. The maximum absolute atomic E-state index is 13.0. The zero-order chi connectivity index (χ0) is 23.3. The Labute approximate surface area is 196 Å². The van der Waals surface area contributed by atoms with Gasteiger partial charge in [0.25, 0.3) is 15.9 Å². The Hall–Kier alpha value is -2.53. The molecule has 1 aromatic heterocycles. The number of hydrogen-bond donors (Lipinski definition) is 2. The van der Waals surface area contributed by atoms with Crippen LogP contribution in [-0.4, -0.2) is 31.6 Å². The fourth-order valence-electron chi connectivity index (χ4n) is 2.98. The number of halogens is 1. The third-order valence-electron chi connectivity index (χ3n) is 4.50. The van der Waals surface area contributed by atoms with Gasteiger partial charge in [-0.2, -0.15) is 0 Å². The van der Waals surface area contributed by atoms with Gasteiger partial charge in [0, 0.05) is 6.04 Å². The maximum Gasteiger partial charge on any atom is 0.270 e. The molecule has 0 radical (unpaired) electrons. The first-order chi connectivity index (χ1) is 15.2. The minimum absolute atomic E-state index is 0.0557. The molecular formula is C21H23ClN4O4S2. The van der Waals surface area contributed by atoms with E-state index in [0.29, 0.717) is 12.2 Å². The smallest absolute Gasteiger partial charge is 0.270 e. The predicted octanol–water partition coefficient (Wildman–Crippen LogP) is 4.52. The number of benzene rings is 2. The molecule has 0 aliphatic heterocycles. The van der Waals surface area contributed by atoms with Crippen molar-refractivity contribution >= 4 is 44.0 Å². The number of carbonyl (C=O) groups excluding carboxylic acids is 1. The van der Waals surface area contributed by atoms with E-state index in [1.54, 1.807) is 43.5 Å². The van der Waals surface area contributed by atoms with Gasteiger partial charge in [0.15, 0.2) is 0 Å². The number of sulfonamides is 1. The topological polar surface area (TPSA) is 110 Å². The summed E-state index contributed by atoms with van der Waals surface area (Å²) in [5, 5.41) is 10.4. The summed E-state index contributed by atoms with van der Waals surface area (Å²) >= 11 is 6.80. The van der Waals surface area contributed by atoms with Gasteiger partial charge >= 0.3 is 0 Å². The van der Waals surface area contributed by atoms with E-state index in [4.69, 9.17) is 16.3 Å². The van der Waals surface area contributed by atoms with Crippen LogP contribution in [0.4, 0.5) is 5.13 Å². The molecule has 0 aliphatic rings. The average Bonchev–Trinajstić information content (AvgIpc) is 3.22. The summed E-state index contributed by atoms with van der Waals surface area (Å²) in [6.45, 7) is 4.02. The van der Waals surface area contributed by atoms with Crippen LogP contribution in [0.2, 0.25) is 5.02 Å². The zero-order valence-corrected chi connectivity index (χ0v) is 20.1. The number of amides is 1. The van der Waals surface area contributed by atoms with Crippen LogP contribution in [0.25, 0.3) is 0 Å². The van der Waals surface area contributed by atoms with Crippen molar-refractivity contribution in [3.63, 3.8) is 0 Å². The lowest BCUT2D eigenvalue weighted by molar-refractivity contribution is 0.102. The molecule has 2 N–H and O–H groups in total. The van der Waals surface area contributed by atoms with Crippen LogP contribution in [0.15, 0.2) is 52.9 Å². The van der Waals surface area contributed by atoms with Crippen molar-refractivity contribution in [3.05, 3.63) is 64.7 Å². The number of carbonyl (C=O) groups is 1. The van der Waals surface area contributed by atoms with E-state index in [2.05, 4.69) is 20.2 Å². The van der Waals surface area contributed by atoms with Crippen LogP contribution >= 0.6 is 22.9 Å². The molecule has 0 fully saturated rings. The fraction of sp³-hybridized carbons (Fsp3) is 0.286. The summed E-state index contributed by atoms with van der Waals surface area (Å²) in [6.07, 6.45) is 0.584. The SMILES string of the molecule is COc1ccc([C@@H](CC(C)C)NS(=O)(=O)c2nnc(NC(=O)c3ccccc3Cl)s2)cc1. The fourth-order valence-corrected chi connectivity index (χ4v) is 5.35. The van der Waals surface area contributed by atoms with Crippen LogP contribution in [-0.2, 0) is 10.0 Å². The van der Waals surface area contributed by atoms with Gasteiger partial charge in [-0.3, -0.25) is 10.1 Å². The maximum atomic E-state index is 13.0. The molecule has 0 bridgehead atoms. The van der Waals surface area contributed by atoms with Crippen molar-refractivity contribution in [1.29, 1.82) is 0 Å². The largest absolute Gasteiger partial charge is 0.497 e. The Morgan fingerprint density at radius 1 is 1.12 bits per heavy atom. The molecule has 0 unspecified atom stereocenters. The normalized spacial score (nSPS) is 12.5. The Bertz CT molecular complexity index is 1180. The number of ether oxygens (including phenoxy) is 1. The second kappa shape index (κ2) is 10.4. The quantitative estimate of drug-likeness (QED) is 0.423. The summed E-state index contributed by atoms with van der Waals surface area (Å²) in [6, 6.07) is 13.3. The molecule has 8 nitrogen and oxygen atoms in total. The van der Waals surface area contributed by atoms with E-state index in [-0.39, 0.29) is 26.0 Å². The molecule has 0 aliphatic carbocycles.